The van der Waals surface area contributed by atoms with Gasteiger partial charge in [-0.25, -0.2) is 4.79 Å². The molecule has 0 N–H and O–H groups in total. The third-order valence-electron chi connectivity index (χ3n) is 3.25. The van der Waals surface area contributed by atoms with Crippen LogP contribution in [0, 0.1) is 0 Å². The van der Waals surface area contributed by atoms with Crippen molar-refractivity contribution in [3.8, 4) is 0 Å². The van der Waals surface area contributed by atoms with Gasteiger partial charge < -0.3 is 4.74 Å². The molecule has 0 saturated carbocycles. The SMILES string of the molecule is CCC=CCCCCC=CCC=CCC=CCC=CC(=O)OCC. The molecule has 0 fully saturated rings. The van der Waals surface area contributed by atoms with Crippen LogP contribution < -0.4 is 0 Å². The number of hydrogen-bond donors (Lipinski definition) is 0. The fourth-order valence-electron chi connectivity index (χ4n) is 2.00. The second kappa shape index (κ2) is 19.2. The smallest absolute Gasteiger partial charge is 0.330 e. The van der Waals surface area contributed by atoms with Crippen molar-refractivity contribution in [1.82, 2.24) is 0 Å². The molecule has 0 bridgehead atoms. The molecule has 0 atom stereocenters. The normalized spacial score (nSPS) is 12.6. The van der Waals surface area contributed by atoms with E-state index in [1.165, 1.54) is 31.8 Å². The zero-order valence-electron chi connectivity index (χ0n) is 15.5. The largest absolute Gasteiger partial charge is 0.463 e. The fourth-order valence-corrected chi connectivity index (χ4v) is 2.00. The molecule has 0 aliphatic rings. The summed E-state index contributed by atoms with van der Waals surface area (Å²) in [6.45, 7) is 4.40. The second-order valence-corrected chi connectivity index (χ2v) is 5.44. The maximum atomic E-state index is 11.0. The third kappa shape index (κ3) is 18.2. The second-order valence-electron chi connectivity index (χ2n) is 5.44. The summed E-state index contributed by atoms with van der Waals surface area (Å²) in [4.78, 5) is 11.0. The molecule has 0 aromatic heterocycles. The highest BCUT2D eigenvalue weighted by Gasteiger charge is 1.90. The molecule has 2 heteroatoms. The quantitative estimate of drug-likeness (QED) is 0.158. The highest BCUT2D eigenvalue weighted by molar-refractivity contribution is 5.81. The molecule has 0 heterocycles. The van der Waals surface area contributed by atoms with Crippen molar-refractivity contribution in [3.63, 3.8) is 0 Å². The average Bonchev–Trinajstić information content (AvgIpc) is 2.58. The summed E-state index contributed by atoms with van der Waals surface area (Å²) in [5.74, 6) is -0.269. The first-order chi connectivity index (χ1) is 11.8. The van der Waals surface area contributed by atoms with Gasteiger partial charge in [0.15, 0.2) is 0 Å². The Morgan fingerprint density at radius 3 is 1.75 bits per heavy atom. The van der Waals surface area contributed by atoms with Crippen molar-refractivity contribution in [3.05, 3.63) is 60.8 Å². The first-order valence-electron chi connectivity index (χ1n) is 9.24. The first-order valence-corrected chi connectivity index (χ1v) is 9.24. The standard InChI is InChI=1S/C22H34O2/c1-3-5-6-7-8-9-10-11-12-13-14-15-16-17-18-19-20-21-22(23)24-4-2/h5-6,11-12,14-15,17-18,20-21H,3-4,7-10,13,16,19H2,1-2H3. The molecule has 0 amide bonds. The van der Waals surface area contributed by atoms with E-state index in [0.29, 0.717) is 6.61 Å². The Balaban J connectivity index is 3.48. The maximum absolute atomic E-state index is 11.0. The van der Waals surface area contributed by atoms with E-state index in [1.54, 1.807) is 6.92 Å². The lowest BCUT2D eigenvalue weighted by Crippen LogP contribution is -1.98. The van der Waals surface area contributed by atoms with E-state index in [1.807, 2.05) is 6.08 Å². The molecule has 0 aliphatic carbocycles. The monoisotopic (exact) mass is 330 g/mol. The number of carbonyl (C=O) groups excluding carboxylic acids is 1. The summed E-state index contributed by atoms with van der Waals surface area (Å²) in [6, 6.07) is 0. The van der Waals surface area contributed by atoms with E-state index in [4.69, 9.17) is 4.74 Å². The third-order valence-corrected chi connectivity index (χ3v) is 3.25. The summed E-state index contributed by atoms with van der Waals surface area (Å²) in [5.41, 5.74) is 0. The molecule has 0 spiro atoms. The minimum absolute atomic E-state index is 0.269. The molecule has 0 radical (unpaired) electrons. The number of rotatable bonds is 14. The number of hydrogen-bond acceptors (Lipinski definition) is 2. The molecule has 0 saturated heterocycles. The molecular formula is C22H34O2. The molecule has 0 aromatic rings. The summed E-state index contributed by atoms with van der Waals surface area (Å²) in [5, 5.41) is 0. The lowest BCUT2D eigenvalue weighted by atomic mass is 10.1. The lowest BCUT2D eigenvalue weighted by molar-refractivity contribution is -0.137. The molecule has 2 nitrogen and oxygen atoms in total. The van der Waals surface area contributed by atoms with Crippen LogP contribution in [-0.2, 0) is 9.53 Å². The van der Waals surface area contributed by atoms with Crippen LogP contribution in [0.3, 0.4) is 0 Å². The van der Waals surface area contributed by atoms with Gasteiger partial charge in [-0.1, -0.05) is 61.6 Å². The van der Waals surface area contributed by atoms with E-state index in [-0.39, 0.29) is 5.97 Å². The molecular weight excluding hydrogens is 296 g/mol. The minimum Gasteiger partial charge on any atom is -0.463 e. The van der Waals surface area contributed by atoms with Crippen LogP contribution in [0.2, 0.25) is 0 Å². The molecule has 24 heavy (non-hydrogen) atoms. The Morgan fingerprint density at radius 1 is 0.708 bits per heavy atom. The van der Waals surface area contributed by atoms with Gasteiger partial charge in [-0.3, -0.25) is 0 Å². The molecule has 0 aliphatic heterocycles. The van der Waals surface area contributed by atoms with Crippen molar-refractivity contribution < 1.29 is 9.53 Å². The zero-order valence-corrected chi connectivity index (χ0v) is 15.5. The van der Waals surface area contributed by atoms with Gasteiger partial charge in [0.25, 0.3) is 0 Å². The van der Waals surface area contributed by atoms with Gasteiger partial charge in [0, 0.05) is 6.08 Å². The van der Waals surface area contributed by atoms with Crippen LogP contribution >= 0.6 is 0 Å². The Hall–Kier alpha value is -1.83. The number of esters is 1. The van der Waals surface area contributed by atoms with Crippen molar-refractivity contribution in [2.24, 2.45) is 0 Å². The number of ether oxygens (including phenoxy) is 1. The number of unbranched alkanes of at least 4 members (excludes halogenated alkanes) is 3. The number of allylic oxidation sites excluding steroid dienone is 9. The van der Waals surface area contributed by atoms with Gasteiger partial charge in [0.2, 0.25) is 0 Å². The Kier molecular flexibility index (Phi) is 17.8. The molecule has 0 rings (SSSR count). The van der Waals surface area contributed by atoms with Gasteiger partial charge in [-0.05, 0) is 58.3 Å². The van der Waals surface area contributed by atoms with E-state index in [9.17, 15) is 4.79 Å². The van der Waals surface area contributed by atoms with Crippen molar-refractivity contribution in [2.45, 2.75) is 65.2 Å². The Bertz CT molecular complexity index is 425. The Labute approximate surface area is 148 Å². The maximum Gasteiger partial charge on any atom is 0.330 e. The van der Waals surface area contributed by atoms with E-state index >= 15 is 0 Å². The first kappa shape index (κ1) is 22.2. The summed E-state index contributed by atoms with van der Waals surface area (Å²) in [7, 11) is 0. The van der Waals surface area contributed by atoms with Gasteiger partial charge in [0.1, 0.15) is 0 Å². The molecule has 0 aromatic carbocycles. The van der Waals surface area contributed by atoms with Crippen molar-refractivity contribution in [1.29, 1.82) is 0 Å². The van der Waals surface area contributed by atoms with Crippen LogP contribution in [-0.4, -0.2) is 12.6 Å². The van der Waals surface area contributed by atoms with Crippen molar-refractivity contribution >= 4 is 5.97 Å². The van der Waals surface area contributed by atoms with Crippen LogP contribution in [0.1, 0.15) is 65.2 Å². The van der Waals surface area contributed by atoms with Crippen LogP contribution in [0.5, 0.6) is 0 Å². The van der Waals surface area contributed by atoms with Crippen molar-refractivity contribution in [2.75, 3.05) is 6.61 Å². The topological polar surface area (TPSA) is 26.3 Å². The van der Waals surface area contributed by atoms with E-state index in [0.717, 1.165) is 25.7 Å². The minimum atomic E-state index is -0.269. The lowest BCUT2D eigenvalue weighted by Gasteiger charge is -1.93. The average molecular weight is 331 g/mol. The zero-order chi connectivity index (χ0) is 17.7. The summed E-state index contributed by atoms with van der Waals surface area (Å²) >= 11 is 0. The van der Waals surface area contributed by atoms with Gasteiger partial charge in [0.05, 0.1) is 6.61 Å². The summed E-state index contributed by atoms with van der Waals surface area (Å²) in [6.07, 6.45) is 29.7. The van der Waals surface area contributed by atoms with Gasteiger partial charge in [-0.15, -0.1) is 0 Å². The van der Waals surface area contributed by atoms with E-state index in [2.05, 4.69) is 55.5 Å². The van der Waals surface area contributed by atoms with Gasteiger partial charge >= 0.3 is 5.97 Å². The van der Waals surface area contributed by atoms with E-state index < -0.39 is 0 Å². The van der Waals surface area contributed by atoms with Gasteiger partial charge in [-0.2, -0.15) is 0 Å². The highest BCUT2D eigenvalue weighted by Crippen LogP contribution is 2.03. The number of carbonyl (C=O) groups is 1. The highest BCUT2D eigenvalue weighted by atomic mass is 16.5. The fraction of sp³-hybridized carbons (Fsp3) is 0.500. The van der Waals surface area contributed by atoms with Crippen LogP contribution in [0.15, 0.2) is 60.8 Å². The van der Waals surface area contributed by atoms with Crippen LogP contribution in [0.25, 0.3) is 0 Å². The molecule has 134 valence electrons. The predicted octanol–water partition coefficient (Wildman–Crippen LogP) is 6.47. The summed E-state index contributed by atoms with van der Waals surface area (Å²) < 4.78 is 4.80. The molecule has 0 unspecified atom stereocenters. The van der Waals surface area contributed by atoms with Crippen LogP contribution in [0.4, 0.5) is 0 Å². The Morgan fingerprint density at radius 2 is 1.21 bits per heavy atom. The predicted molar refractivity (Wildman–Crippen MR) is 105 cm³/mol.